The molecule has 0 aliphatic carbocycles. The van der Waals surface area contributed by atoms with Crippen LogP contribution in [0.2, 0.25) is 0 Å². The number of allylic oxidation sites excluding steroid dienone is 1. The average molecular weight is 350 g/mol. The zero-order chi connectivity index (χ0) is 18.7. The average Bonchev–Trinajstić information content (AvgIpc) is 2.94. The van der Waals surface area contributed by atoms with Gasteiger partial charge in [-0.25, -0.2) is 4.98 Å². The third-order valence-electron chi connectivity index (χ3n) is 4.08. The number of amides is 1. The summed E-state index contributed by atoms with van der Waals surface area (Å²) in [5.74, 6) is 1.00. The number of anilines is 1. The summed E-state index contributed by atoms with van der Waals surface area (Å²) in [5, 5.41) is 3.80. The highest BCUT2D eigenvalue weighted by atomic mass is 16.5. The lowest BCUT2D eigenvalue weighted by atomic mass is 10.0. The maximum atomic E-state index is 12.4. The number of pyridine rings is 1. The number of ether oxygens (including phenoxy) is 1. The van der Waals surface area contributed by atoms with E-state index in [0.29, 0.717) is 18.2 Å². The van der Waals surface area contributed by atoms with Gasteiger partial charge < -0.3 is 14.5 Å². The molecule has 0 spiro atoms. The molecule has 0 aliphatic heterocycles. The van der Waals surface area contributed by atoms with Crippen molar-refractivity contribution >= 4 is 28.3 Å². The lowest BCUT2D eigenvalue weighted by molar-refractivity contribution is -0.111. The van der Waals surface area contributed by atoms with E-state index >= 15 is 0 Å². The number of fused-ring (bicyclic) bond motifs is 1. The van der Waals surface area contributed by atoms with Crippen LogP contribution in [-0.2, 0) is 4.79 Å². The molecule has 1 aromatic carbocycles. The van der Waals surface area contributed by atoms with Crippen LogP contribution in [0.3, 0.4) is 0 Å². The van der Waals surface area contributed by atoms with Crippen LogP contribution in [0.25, 0.3) is 16.5 Å². The van der Waals surface area contributed by atoms with Crippen molar-refractivity contribution in [2.45, 2.75) is 27.7 Å². The molecule has 3 aromatic rings. The second kappa shape index (κ2) is 7.44. The number of aromatic nitrogens is 1. The number of nitrogens with one attached hydrogen (secondary N) is 1. The van der Waals surface area contributed by atoms with Crippen LogP contribution in [0, 0.1) is 13.8 Å². The van der Waals surface area contributed by atoms with Crippen LogP contribution >= 0.6 is 0 Å². The molecule has 0 saturated carbocycles. The summed E-state index contributed by atoms with van der Waals surface area (Å²) in [5.41, 5.74) is 4.35. The van der Waals surface area contributed by atoms with Gasteiger partial charge in [-0.2, -0.15) is 0 Å². The number of carbonyl (C=O) groups excluding carboxylic acids is 1. The molecule has 0 radical (unpaired) electrons. The van der Waals surface area contributed by atoms with Crippen LogP contribution in [-0.4, -0.2) is 17.5 Å². The van der Waals surface area contributed by atoms with E-state index in [1.165, 1.54) is 0 Å². The summed E-state index contributed by atoms with van der Waals surface area (Å²) >= 11 is 0. The number of hydrogen-bond acceptors (Lipinski definition) is 4. The van der Waals surface area contributed by atoms with Crippen molar-refractivity contribution in [3.05, 3.63) is 59.5 Å². The van der Waals surface area contributed by atoms with Crippen molar-refractivity contribution in [1.29, 1.82) is 0 Å². The normalized spacial score (nSPS) is 11.6. The highest BCUT2D eigenvalue weighted by molar-refractivity contribution is 6.04. The molecule has 0 saturated heterocycles. The minimum atomic E-state index is -0.230. The predicted molar refractivity (Wildman–Crippen MR) is 103 cm³/mol. The molecule has 0 fully saturated rings. The van der Waals surface area contributed by atoms with Crippen LogP contribution in [0.1, 0.15) is 30.7 Å². The second-order valence-corrected chi connectivity index (χ2v) is 6.18. The first-order chi connectivity index (χ1) is 12.5. The molecule has 0 bridgehead atoms. The molecule has 2 heterocycles. The van der Waals surface area contributed by atoms with Crippen molar-refractivity contribution < 1.29 is 13.9 Å². The van der Waals surface area contributed by atoms with E-state index in [-0.39, 0.29) is 5.91 Å². The molecule has 1 amide bonds. The quantitative estimate of drug-likeness (QED) is 0.666. The van der Waals surface area contributed by atoms with Gasteiger partial charge in [0.15, 0.2) is 0 Å². The van der Waals surface area contributed by atoms with E-state index < -0.39 is 0 Å². The standard InChI is InChI=1S/C21H22N2O3/c1-5-25-18-11-19-17(14(3)12-26-19)10-16(18)13(2)9-21(24)23-20-8-6-7-15(4)22-20/h6-12H,5H2,1-4H3,(H,22,23,24)/b13-9+. The van der Waals surface area contributed by atoms with Gasteiger partial charge in [0.05, 0.1) is 12.9 Å². The third-order valence-corrected chi connectivity index (χ3v) is 4.08. The maximum absolute atomic E-state index is 12.4. The minimum Gasteiger partial charge on any atom is -0.493 e. The topological polar surface area (TPSA) is 64.4 Å². The molecule has 0 atom stereocenters. The Labute approximate surface area is 152 Å². The zero-order valence-electron chi connectivity index (χ0n) is 15.4. The Bertz CT molecular complexity index is 986. The van der Waals surface area contributed by atoms with E-state index in [1.807, 2.05) is 52.0 Å². The smallest absolute Gasteiger partial charge is 0.249 e. The lowest BCUT2D eigenvalue weighted by Gasteiger charge is -2.11. The van der Waals surface area contributed by atoms with E-state index in [1.54, 1.807) is 18.4 Å². The minimum absolute atomic E-state index is 0.230. The fraction of sp³-hybridized carbons (Fsp3) is 0.238. The highest BCUT2D eigenvalue weighted by Gasteiger charge is 2.13. The van der Waals surface area contributed by atoms with Gasteiger partial charge in [0, 0.05) is 28.8 Å². The lowest BCUT2D eigenvalue weighted by Crippen LogP contribution is -2.10. The van der Waals surface area contributed by atoms with Crippen molar-refractivity contribution in [2.24, 2.45) is 0 Å². The van der Waals surface area contributed by atoms with Gasteiger partial charge in [-0.1, -0.05) is 6.07 Å². The fourth-order valence-corrected chi connectivity index (χ4v) is 2.81. The van der Waals surface area contributed by atoms with Crippen molar-refractivity contribution in [1.82, 2.24) is 4.98 Å². The van der Waals surface area contributed by atoms with E-state index in [9.17, 15) is 4.79 Å². The summed E-state index contributed by atoms with van der Waals surface area (Å²) in [6.45, 7) is 8.22. The van der Waals surface area contributed by atoms with Crippen LogP contribution in [0.5, 0.6) is 5.75 Å². The molecule has 3 rings (SSSR count). The number of nitrogens with zero attached hydrogens (tertiary/aromatic N) is 1. The Balaban J connectivity index is 1.93. The summed E-state index contributed by atoms with van der Waals surface area (Å²) in [4.78, 5) is 16.7. The molecular weight excluding hydrogens is 328 g/mol. The molecule has 26 heavy (non-hydrogen) atoms. The Morgan fingerprint density at radius 2 is 2.12 bits per heavy atom. The first kappa shape index (κ1) is 17.7. The number of carbonyl (C=O) groups is 1. The molecule has 1 N–H and O–H groups in total. The van der Waals surface area contributed by atoms with E-state index in [0.717, 1.165) is 33.4 Å². The number of furan rings is 1. The van der Waals surface area contributed by atoms with Crippen LogP contribution in [0.15, 0.2) is 47.1 Å². The fourth-order valence-electron chi connectivity index (χ4n) is 2.81. The second-order valence-electron chi connectivity index (χ2n) is 6.18. The van der Waals surface area contributed by atoms with Gasteiger partial charge in [-0.3, -0.25) is 4.79 Å². The first-order valence-corrected chi connectivity index (χ1v) is 8.56. The summed E-state index contributed by atoms with van der Waals surface area (Å²) in [7, 11) is 0. The Morgan fingerprint density at radius 1 is 1.31 bits per heavy atom. The Kier molecular flexibility index (Phi) is 5.07. The van der Waals surface area contributed by atoms with Crippen LogP contribution < -0.4 is 10.1 Å². The predicted octanol–water partition coefficient (Wildman–Crippen LogP) is 4.89. The Morgan fingerprint density at radius 3 is 2.85 bits per heavy atom. The van der Waals surface area contributed by atoms with Gasteiger partial charge in [0.25, 0.3) is 0 Å². The number of rotatable bonds is 5. The molecule has 5 heteroatoms. The molecule has 5 nitrogen and oxygen atoms in total. The number of aryl methyl sites for hydroxylation is 2. The third kappa shape index (κ3) is 3.77. The monoisotopic (exact) mass is 350 g/mol. The molecular formula is C21H22N2O3. The number of hydrogen-bond donors (Lipinski definition) is 1. The number of benzene rings is 1. The van der Waals surface area contributed by atoms with Gasteiger partial charge in [0.2, 0.25) is 5.91 Å². The summed E-state index contributed by atoms with van der Waals surface area (Å²) < 4.78 is 11.3. The molecule has 0 aliphatic rings. The van der Waals surface area contributed by atoms with Crippen molar-refractivity contribution in [3.63, 3.8) is 0 Å². The van der Waals surface area contributed by atoms with Gasteiger partial charge in [-0.15, -0.1) is 0 Å². The first-order valence-electron chi connectivity index (χ1n) is 8.56. The maximum Gasteiger partial charge on any atom is 0.249 e. The van der Waals surface area contributed by atoms with Crippen molar-refractivity contribution in [2.75, 3.05) is 11.9 Å². The Hall–Kier alpha value is -3.08. The van der Waals surface area contributed by atoms with Crippen molar-refractivity contribution in [3.8, 4) is 5.75 Å². The SMILES string of the molecule is CCOc1cc2occ(C)c2cc1/C(C)=C/C(=O)Nc1cccc(C)n1. The molecule has 2 aromatic heterocycles. The summed E-state index contributed by atoms with van der Waals surface area (Å²) in [6.07, 6.45) is 3.28. The van der Waals surface area contributed by atoms with Gasteiger partial charge >= 0.3 is 0 Å². The van der Waals surface area contributed by atoms with Gasteiger partial charge in [-0.05, 0) is 57.0 Å². The summed E-state index contributed by atoms with van der Waals surface area (Å²) in [6, 6.07) is 9.38. The highest BCUT2D eigenvalue weighted by Crippen LogP contribution is 2.33. The van der Waals surface area contributed by atoms with E-state index in [2.05, 4.69) is 10.3 Å². The van der Waals surface area contributed by atoms with Crippen LogP contribution in [0.4, 0.5) is 5.82 Å². The molecule has 134 valence electrons. The molecule has 0 unspecified atom stereocenters. The zero-order valence-corrected chi connectivity index (χ0v) is 15.4. The largest absolute Gasteiger partial charge is 0.493 e. The van der Waals surface area contributed by atoms with E-state index in [4.69, 9.17) is 9.15 Å². The van der Waals surface area contributed by atoms with Gasteiger partial charge in [0.1, 0.15) is 17.2 Å².